The van der Waals surface area contributed by atoms with Crippen LogP contribution in [0.3, 0.4) is 0 Å². The number of hydrogen-bond acceptors (Lipinski definition) is 5. The number of hydrogen-bond donors (Lipinski definition) is 2. The van der Waals surface area contributed by atoms with Crippen molar-refractivity contribution in [3.8, 4) is 22.5 Å². The summed E-state index contributed by atoms with van der Waals surface area (Å²) in [5, 5.41) is 4.94. The van der Waals surface area contributed by atoms with Crippen molar-refractivity contribution >= 4 is 23.6 Å². The highest BCUT2D eigenvalue weighted by molar-refractivity contribution is 6.05. The van der Waals surface area contributed by atoms with Crippen LogP contribution in [0.2, 0.25) is 0 Å². The lowest BCUT2D eigenvalue weighted by molar-refractivity contribution is -0.136. The van der Waals surface area contributed by atoms with Gasteiger partial charge in [-0.05, 0) is 36.2 Å². The normalized spacial score (nSPS) is 17.5. The van der Waals surface area contributed by atoms with E-state index < -0.39 is 11.9 Å². The molecule has 0 bridgehead atoms. The van der Waals surface area contributed by atoms with E-state index in [1.54, 1.807) is 31.6 Å². The number of rotatable bonds is 4. The first kappa shape index (κ1) is 21.6. The average Bonchev–Trinajstić information content (AvgIpc) is 3.38. The molecule has 0 spiro atoms. The molecule has 0 aliphatic carbocycles. The summed E-state index contributed by atoms with van der Waals surface area (Å²) in [6.45, 7) is 0.303. The fourth-order valence-electron chi connectivity index (χ4n) is 4.63. The molecule has 2 aliphatic rings. The Kier molecular flexibility index (Phi) is 5.24. The third-order valence-corrected chi connectivity index (χ3v) is 6.38. The number of fused-ring (bicyclic) bond motifs is 1. The molecule has 2 aromatic carbocycles. The van der Waals surface area contributed by atoms with Gasteiger partial charge in [-0.15, -0.1) is 0 Å². The maximum Gasteiger partial charge on any atom is 0.255 e. The SMILES string of the molecule is CNC(=O)c1ccc(-c2c(-c3ccc4c(c3)CN(C3CCC(=O)NC3=O)C4=O)ncn2C)cc1. The van der Waals surface area contributed by atoms with Gasteiger partial charge in [0.15, 0.2) is 0 Å². The van der Waals surface area contributed by atoms with Crippen LogP contribution in [0.5, 0.6) is 0 Å². The molecule has 9 nitrogen and oxygen atoms in total. The number of aromatic nitrogens is 2. The molecule has 1 aromatic heterocycles. The number of imidazole rings is 1. The zero-order valence-electron chi connectivity index (χ0n) is 18.8. The Morgan fingerprint density at radius 3 is 2.53 bits per heavy atom. The van der Waals surface area contributed by atoms with Crippen molar-refractivity contribution in [1.29, 1.82) is 0 Å². The van der Waals surface area contributed by atoms with E-state index in [1.807, 2.05) is 35.9 Å². The van der Waals surface area contributed by atoms with E-state index in [0.29, 0.717) is 24.1 Å². The maximum absolute atomic E-state index is 13.0. The van der Waals surface area contributed by atoms with Gasteiger partial charge in [-0.1, -0.05) is 18.2 Å². The molecule has 3 heterocycles. The number of carbonyl (C=O) groups excluding carboxylic acids is 4. The van der Waals surface area contributed by atoms with Crippen molar-refractivity contribution in [3.05, 3.63) is 65.5 Å². The van der Waals surface area contributed by atoms with E-state index >= 15 is 0 Å². The number of aryl methyl sites for hydroxylation is 1. The minimum atomic E-state index is -0.648. The predicted molar refractivity (Wildman–Crippen MR) is 124 cm³/mol. The van der Waals surface area contributed by atoms with Gasteiger partial charge < -0.3 is 14.8 Å². The molecule has 34 heavy (non-hydrogen) atoms. The highest BCUT2D eigenvalue weighted by Gasteiger charge is 2.39. The van der Waals surface area contributed by atoms with E-state index in [9.17, 15) is 19.2 Å². The van der Waals surface area contributed by atoms with Crippen LogP contribution in [0, 0.1) is 0 Å². The van der Waals surface area contributed by atoms with Crippen molar-refractivity contribution < 1.29 is 19.2 Å². The Labute approximate surface area is 195 Å². The summed E-state index contributed by atoms with van der Waals surface area (Å²) in [6.07, 6.45) is 2.27. The number of piperidine rings is 1. The van der Waals surface area contributed by atoms with Crippen LogP contribution in [0.15, 0.2) is 48.8 Å². The Hall–Kier alpha value is -4.27. The number of carbonyl (C=O) groups is 4. The van der Waals surface area contributed by atoms with E-state index in [2.05, 4.69) is 15.6 Å². The lowest BCUT2D eigenvalue weighted by Crippen LogP contribution is -2.52. The van der Waals surface area contributed by atoms with Gasteiger partial charge in [0.1, 0.15) is 6.04 Å². The predicted octanol–water partition coefficient (Wildman–Crippen LogP) is 1.87. The number of benzene rings is 2. The second kappa shape index (κ2) is 8.26. The van der Waals surface area contributed by atoms with Crippen molar-refractivity contribution in [3.63, 3.8) is 0 Å². The molecule has 1 atom stereocenters. The largest absolute Gasteiger partial charge is 0.355 e. The molecule has 2 aliphatic heterocycles. The molecule has 5 rings (SSSR count). The molecular weight excluding hydrogens is 434 g/mol. The second-order valence-corrected chi connectivity index (χ2v) is 8.48. The van der Waals surface area contributed by atoms with Gasteiger partial charge >= 0.3 is 0 Å². The van der Waals surface area contributed by atoms with Crippen LogP contribution in [-0.4, -0.2) is 51.2 Å². The molecule has 0 saturated carbocycles. The smallest absolute Gasteiger partial charge is 0.255 e. The molecule has 1 fully saturated rings. The summed E-state index contributed by atoms with van der Waals surface area (Å²) in [7, 11) is 3.50. The summed E-state index contributed by atoms with van der Waals surface area (Å²) in [5.74, 6) is -1.09. The van der Waals surface area contributed by atoms with Gasteiger partial charge in [-0.3, -0.25) is 24.5 Å². The van der Waals surface area contributed by atoms with Crippen molar-refractivity contribution in [2.24, 2.45) is 7.05 Å². The molecule has 3 aromatic rings. The quantitative estimate of drug-likeness (QED) is 0.581. The number of nitrogens with zero attached hydrogens (tertiary/aromatic N) is 3. The fourth-order valence-corrected chi connectivity index (χ4v) is 4.63. The lowest BCUT2D eigenvalue weighted by Gasteiger charge is -2.29. The molecule has 1 saturated heterocycles. The van der Waals surface area contributed by atoms with E-state index in [0.717, 1.165) is 28.1 Å². The van der Waals surface area contributed by atoms with Crippen LogP contribution in [0.25, 0.3) is 22.5 Å². The molecule has 2 N–H and O–H groups in total. The Morgan fingerprint density at radius 1 is 1.09 bits per heavy atom. The van der Waals surface area contributed by atoms with Crippen molar-refractivity contribution in [2.75, 3.05) is 7.05 Å². The zero-order chi connectivity index (χ0) is 24.0. The average molecular weight is 457 g/mol. The Bertz CT molecular complexity index is 1340. The number of amides is 4. The van der Waals surface area contributed by atoms with E-state index in [1.165, 1.54) is 4.90 Å². The molecule has 0 radical (unpaired) electrons. The van der Waals surface area contributed by atoms with E-state index in [4.69, 9.17) is 0 Å². The number of imide groups is 1. The first-order valence-corrected chi connectivity index (χ1v) is 11.0. The second-order valence-electron chi connectivity index (χ2n) is 8.48. The topological polar surface area (TPSA) is 113 Å². The van der Waals surface area contributed by atoms with Gasteiger partial charge in [0, 0.05) is 49.3 Å². The number of nitrogens with one attached hydrogen (secondary N) is 2. The maximum atomic E-state index is 13.0. The molecular formula is C25H23N5O4. The third-order valence-electron chi connectivity index (χ3n) is 6.38. The zero-order valence-corrected chi connectivity index (χ0v) is 18.8. The lowest BCUT2D eigenvalue weighted by atomic mass is 10.00. The van der Waals surface area contributed by atoms with Gasteiger partial charge in [0.25, 0.3) is 11.8 Å². The van der Waals surface area contributed by atoms with Gasteiger partial charge in [-0.25, -0.2) is 4.98 Å². The summed E-state index contributed by atoms with van der Waals surface area (Å²) >= 11 is 0. The molecule has 4 amide bonds. The summed E-state index contributed by atoms with van der Waals surface area (Å²) in [5.41, 5.74) is 5.34. The standard InChI is InChI=1S/C25H23N5O4/c1-26-23(32)15-5-3-14(4-6-15)22-21(27-13-29(22)2)16-7-8-18-17(11-16)12-30(25(18)34)19-9-10-20(31)28-24(19)33/h3-8,11,13,19H,9-10,12H2,1-2H3,(H,26,32)(H,28,31,33). The Balaban J connectivity index is 1.46. The van der Waals surface area contributed by atoms with Crippen LogP contribution < -0.4 is 10.6 Å². The highest BCUT2D eigenvalue weighted by Crippen LogP contribution is 2.35. The van der Waals surface area contributed by atoms with Crippen molar-refractivity contribution in [1.82, 2.24) is 25.1 Å². The van der Waals surface area contributed by atoms with E-state index in [-0.39, 0.29) is 24.1 Å². The minimum Gasteiger partial charge on any atom is -0.355 e. The fraction of sp³-hybridized carbons (Fsp3) is 0.240. The van der Waals surface area contributed by atoms with Crippen LogP contribution in [0.1, 0.15) is 39.1 Å². The molecule has 9 heteroatoms. The Morgan fingerprint density at radius 2 is 1.82 bits per heavy atom. The summed E-state index contributed by atoms with van der Waals surface area (Å²) < 4.78 is 1.91. The highest BCUT2D eigenvalue weighted by atomic mass is 16.2. The van der Waals surface area contributed by atoms with Crippen LogP contribution in [0.4, 0.5) is 0 Å². The molecule has 1 unspecified atom stereocenters. The van der Waals surface area contributed by atoms with Gasteiger partial charge in [0.05, 0.1) is 17.7 Å². The van der Waals surface area contributed by atoms with Crippen molar-refractivity contribution in [2.45, 2.75) is 25.4 Å². The first-order valence-electron chi connectivity index (χ1n) is 11.0. The summed E-state index contributed by atoms with van der Waals surface area (Å²) in [6, 6.07) is 12.2. The monoisotopic (exact) mass is 457 g/mol. The summed E-state index contributed by atoms with van der Waals surface area (Å²) in [4.78, 5) is 54.8. The van der Waals surface area contributed by atoms with Gasteiger partial charge in [-0.2, -0.15) is 0 Å². The van der Waals surface area contributed by atoms with Crippen LogP contribution in [-0.2, 0) is 23.2 Å². The van der Waals surface area contributed by atoms with Crippen LogP contribution >= 0.6 is 0 Å². The minimum absolute atomic E-state index is 0.152. The third kappa shape index (κ3) is 3.55. The molecule has 172 valence electrons. The first-order chi connectivity index (χ1) is 16.4. The van der Waals surface area contributed by atoms with Gasteiger partial charge in [0.2, 0.25) is 11.8 Å².